The van der Waals surface area contributed by atoms with Crippen LogP contribution in [0, 0.1) is 0 Å². The number of nitrogens with two attached hydrogens (primary N) is 1. The van der Waals surface area contributed by atoms with Crippen LogP contribution in [0.2, 0.25) is 0 Å². The Hall–Kier alpha value is -2.11. The van der Waals surface area contributed by atoms with Gasteiger partial charge in [0.1, 0.15) is 79.0 Å². The van der Waals surface area contributed by atoms with E-state index in [1.54, 1.807) is 0 Å². The van der Waals surface area contributed by atoms with E-state index in [4.69, 9.17) is 34.2 Å². The predicted molar refractivity (Wildman–Crippen MR) is 190 cm³/mol. The third-order valence-electron chi connectivity index (χ3n) is 9.86. The first-order valence-corrected chi connectivity index (χ1v) is 19.2. The van der Waals surface area contributed by atoms with E-state index in [-0.39, 0.29) is 50.0 Å². The highest BCUT2D eigenvalue weighted by molar-refractivity contribution is 5.82. The minimum atomic E-state index is -1.88. The van der Waals surface area contributed by atoms with E-state index in [1.165, 1.54) is 6.92 Å². The van der Waals surface area contributed by atoms with Gasteiger partial charge >= 0.3 is 0 Å². The quantitative estimate of drug-likeness (QED) is 0.0317. The van der Waals surface area contributed by atoms with Gasteiger partial charge in [0.25, 0.3) is 0 Å². The van der Waals surface area contributed by atoms with Crippen LogP contribution in [0.3, 0.4) is 0 Å². The van der Waals surface area contributed by atoms with Crippen molar-refractivity contribution in [3.05, 3.63) is 0 Å². The summed E-state index contributed by atoms with van der Waals surface area (Å²) in [5, 5.41) is 105. The Balaban J connectivity index is 1.51. The first-order chi connectivity index (χ1) is 27.1. The number of nitrogens with one attached hydrogen (secondary N) is 3. The summed E-state index contributed by atoms with van der Waals surface area (Å²) in [6.45, 7) is -0.169. The van der Waals surface area contributed by atoms with Gasteiger partial charge < -0.3 is 90.5 Å². The minimum Gasteiger partial charge on any atom is -0.394 e. The van der Waals surface area contributed by atoms with Crippen molar-refractivity contribution in [2.45, 2.75) is 156 Å². The van der Waals surface area contributed by atoms with E-state index >= 15 is 0 Å². The van der Waals surface area contributed by atoms with Gasteiger partial charge in [0.2, 0.25) is 11.8 Å². The molecule has 0 unspecified atom stereocenters. The SMILES string of the molecule is CC(=O)[C@H](CCCCN)NNC(=O)CCCCC(=O)NCCCO[C@@H]1O[C@H](CO[C@H]2O[C@H](CO)[C@@H](O)[C@H](O)[C@@H]2O)[C@@H](O)[C@H](O)[C@@H]1O[C@H]1O[C@H](CO)[C@@H](O)[C@H](O)[C@@H]1O. The van der Waals surface area contributed by atoms with Gasteiger partial charge in [0.15, 0.2) is 18.9 Å². The van der Waals surface area contributed by atoms with E-state index < -0.39 is 118 Å². The average molecular weight is 831 g/mol. The molecule has 0 aliphatic carbocycles. The molecule has 0 aromatic heterocycles. The molecule has 0 spiro atoms. The highest BCUT2D eigenvalue weighted by atomic mass is 16.8. The van der Waals surface area contributed by atoms with Crippen molar-refractivity contribution in [3.63, 3.8) is 0 Å². The van der Waals surface area contributed by atoms with E-state index in [9.17, 15) is 65.4 Å². The monoisotopic (exact) mass is 830 g/mol. The summed E-state index contributed by atoms with van der Waals surface area (Å²) in [6, 6.07) is -0.516. The largest absolute Gasteiger partial charge is 0.394 e. The van der Waals surface area contributed by atoms with Crippen molar-refractivity contribution >= 4 is 17.6 Å². The number of hydrogen-bond donors (Lipinski definition) is 14. The van der Waals surface area contributed by atoms with Crippen LogP contribution in [-0.4, -0.2) is 206 Å². The molecule has 23 nitrogen and oxygen atoms in total. The number of hydrogen-bond acceptors (Lipinski definition) is 21. The maximum Gasteiger partial charge on any atom is 0.234 e. The highest BCUT2D eigenvalue weighted by Gasteiger charge is 2.52. The maximum atomic E-state index is 12.4. The molecule has 2 amide bonds. The molecule has 0 aromatic rings. The maximum absolute atomic E-state index is 12.4. The normalized spacial score (nSPS) is 36.4. The molecule has 3 aliphatic heterocycles. The summed E-state index contributed by atoms with van der Waals surface area (Å²) in [4.78, 5) is 36.4. The molecule has 0 saturated carbocycles. The number of carbonyl (C=O) groups is 3. The zero-order valence-corrected chi connectivity index (χ0v) is 31.9. The smallest absolute Gasteiger partial charge is 0.234 e. The number of aliphatic hydroxyl groups excluding tert-OH is 10. The number of hydrazine groups is 1. The fraction of sp³-hybridized carbons (Fsp3) is 0.912. The summed E-state index contributed by atoms with van der Waals surface area (Å²) in [6.07, 6.45) is -21.5. The molecule has 3 rings (SSSR count). The lowest BCUT2D eigenvalue weighted by Gasteiger charge is -2.46. The summed E-state index contributed by atoms with van der Waals surface area (Å²) in [7, 11) is 0. The van der Waals surface area contributed by atoms with Crippen LogP contribution in [0.1, 0.15) is 58.3 Å². The van der Waals surface area contributed by atoms with Crippen LogP contribution in [0.15, 0.2) is 0 Å². The van der Waals surface area contributed by atoms with Crippen LogP contribution in [0.5, 0.6) is 0 Å². The molecule has 332 valence electrons. The van der Waals surface area contributed by atoms with Crippen LogP contribution in [0.25, 0.3) is 0 Å². The van der Waals surface area contributed by atoms with Crippen molar-refractivity contribution in [1.82, 2.24) is 16.2 Å². The number of Topliss-reactive ketones (excluding diaryl/α,β-unsaturated/α-hetero) is 1. The molecule has 0 radical (unpaired) electrons. The molecule has 3 saturated heterocycles. The second kappa shape index (κ2) is 24.8. The zero-order valence-electron chi connectivity index (χ0n) is 31.9. The average Bonchev–Trinajstić information content (AvgIpc) is 3.19. The Morgan fingerprint density at radius 2 is 1.21 bits per heavy atom. The third kappa shape index (κ3) is 14.5. The number of carbonyl (C=O) groups excluding carboxylic acids is 3. The van der Waals surface area contributed by atoms with Crippen LogP contribution >= 0.6 is 0 Å². The number of ether oxygens (including phenoxy) is 6. The molecule has 3 aliphatic rings. The van der Waals surface area contributed by atoms with Crippen molar-refractivity contribution in [1.29, 1.82) is 0 Å². The number of ketones is 1. The Bertz CT molecular complexity index is 1210. The van der Waals surface area contributed by atoms with Crippen LogP contribution in [0.4, 0.5) is 0 Å². The van der Waals surface area contributed by atoms with Gasteiger partial charge in [-0.15, -0.1) is 0 Å². The summed E-state index contributed by atoms with van der Waals surface area (Å²) >= 11 is 0. The highest BCUT2D eigenvalue weighted by Crippen LogP contribution is 2.31. The number of rotatable bonds is 24. The van der Waals surface area contributed by atoms with E-state index in [0.29, 0.717) is 25.8 Å². The van der Waals surface area contributed by atoms with E-state index in [1.807, 2.05) is 0 Å². The predicted octanol–water partition coefficient (Wildman–Crippen LogP) is -6.77. The van der Waals surface area contributed by atoms with E-state index in [0.717, 1.165) is 12.8 Å². The number of unbranched alkanes of at least 4 members (excludes halogenated alkanes) is 2. The van der Waals surface area contributed by atoms with Gasteiger partial charge in [-0.3, -0.25) is 19.8 Å². The first-order valence-electron chi connectivity index (χ1n) is 19.2. The van der Waals surface area contributed by atoms with Crippen molar-refractivity contribution in [2.24, 2.45) is 5.73 Å². The lowest BCUT2D eigenvalue weighted by atomic mass is 9.97. The Morgan fingerprint density at radius 1 is 0.649 bits per heavy atom. The van der Waals surface area contributed by atoms with Crippen molar-refractivity contribution < 1.29 is 93.9 Å². The van der Waals surface area contributed by atoms with Crippen LogP contribution in [-0.2, 0) is 42.8 Å². The molecule has 0 aromatic carbocycles. The molecule has 3 heterocycles. The molecule has 16 atom stereocenters. The van der Waals surface area contributed by atoms with Crippen LogP contribution < -0.4 is 21.9 Å². The van der Waals surface area contributed by atoms with Crippen molar-refractivity contribution in [3.8, 4) is 0 Å². The lowest BCUT2D eigenvalue weighted by molar-refractivity contribution is -0.372. The molecule has 57 heavy (non-hydrogen) atoms. The zero-order chi connectivity index (χ0) is 42.2. The Morgan fingerprint density at radius 3 is 1.81 bits per heavy atom. The molecular formula is C34H62N4O19. The number of aliphatic hydroxyl groups is 10. The van der Waals surface area contributed by atoms with E-state index in [2.05, 4.69) is 16.2 Å². The second-order valence-corrected chi connectivity index (χ2v) is 14.3. The summed E-state index contributed by atoms with van der Waals surface area (Å²) in [5.41, 5.74) is 10.8. The van der Waals surface area contributed by atoms with Gasteiger partial charge in [-0.1, -0.05) is 6.42 Å². The first kappa shape index (κ1) is 49.3. The summed E-state index contributed by atoms with van der Waals surface area (Å²) in [5.74, 6) is -0.731. The fourth-order valence-electron chi connectivity index (χ4n) is 6.31. The van der Waals surface area contributed by atoms with Gasteiger partial charge in [0.05, 0.1) is 32.5 Å². The van der Waals surface area contributed by atoms with Crippen molar-refractivity contribution in [2.75, 3.05) is 39.5 Å². The number of amides is 2. The van der Waals surface area contributed by atoms with Gasteiger partial charge in [-0.2, -0.15) is 0 Å². The third-order valence-corrected chi connectivity index (χ3v) is 9.86. The molecule has 15 N–H and O–H groups in total. The molecular weight excluding hydrogens is 768 g/mol. The van der Waals surface area contributed by atoms with Gasteiger partial charge in [-0.25, -0.2) is 5.43 Å². The molecule has 0 bridgehead atoms. The minimum absolute atomic E-state index is 0.109. The molecule has 23 heteroatoms. The Kier molecular flexibility index (Phi) is 21.5. The fourth-order valence-corrected chi connectivity index (χ4v) is 6.31. The van der Waals surface area contributed by atoms with Gasteiger partial charge in [-0.05, 0) is 45.6 Å². The molecule has 3 fully saturated rings. The second-order valence-electron chi connectivity index (χ2n) is 14.3. The summed E-state index contributed by atoms with van der Waals surface area (Å²) < 4.78 is 33.5. The van der Waals surface area contributed by atoms with Gasteiger partial charge in [0, 0.05) is 19.4 Å². The topological polar surface area (TPSA) is 371 Å². The standard InChI is InChI=1S/C34H62N4O19/c1-16(41)17(7-4-5-10-35)37-38-22(43)9-3-2-8-21(42)36-11-6-12-52-34-31(57-33-30(51)27(48)24(45)19(14-40)55-33)28(49)25(46)20(56-34)15-53-32-29(50)26(47)23(44)18(13-39)54-32/h17-20,23-34,37,39-40,44-51H,2-15,35H2,1H3,(H,36,42)(H,38,43)/t17-,18+,19+,20+,23+,24+,25+,26-,27-,28-,29-,30-,31-,32-,33+,34+/m0/s1. The Labute approximate surface area is 329 Å². The lowest BCUT2D eigenvalue weighted by Crippen LogP contribution is -2.65.